The Balaban J connectivity index is 0.000000913. The highest BCUT2D eigenvalue weighted by Gasteiger charge is 2.45. The number of aromatic nitrogens is 2. The molecule has 8 heteroatoms. The van der Waals surface area contributed by atoms with Crippen molar-refractivity contribution in [2.45, 2.75) is 24.6 Å². The standard InChI is InChI=1S/C23H27FN4O.CH2O2/c1-27(2)23(19-8-4-3-5-9-19)11-12-28(16-21(23)29)15-18-14-25-26-22(18)17-7-6-10-20(24)13-17;2-1-3/h3-10,13-14,21,29H,11-12,15-16H2,1-2H3,(H,25,26);1H,(H,2,3)/t21-,23+;/m1./s1. The van der Waals surface area contributed by atoms with Crippen LogP contribution in [0.1, 0.15) is 17.5 Å². The van der Waals surface area contributed by atoms with Crippen molar-refractivity contribution in [3.05, 3.63) is 77.7 Å². The number of piperidine rings is 1. The summed E-state index contributed by atoms with van der Waals surface area (Å²) < 4.78 is 13.6. The largest absolute Gasteiger partial charge is 0.483 e. The molecule has 0 radical (unpaired) electrons. The first-order valence-electron chi connectivity index (χ1n) is 10.4. The van der Waals surface area contributed by atoms with E-state index in [0.717, 1.165) is 35.3 Å². The number of nitrogens with one attached hydrogen (secondary N) is 1. The number of aliphatic hydroxyl groups excluding tert-OH is 1. The van der Waals surface area contributed by atoms with Crippen molar-refractivity contribution in [2.75, 3.05) is 27.2 Å². The minimum atomic E-state index is -0.529. The fraction of sp³-hybridized carbons (Fsp3) is 0.333. The van der Waals surface area contributed by atoms with Crippen LogP contribution in [0.25, 0.3) is 11.3 Å². The molecule has 1 fully saturated rings. The second kappa shape index (κ2) is 10.5. The Morgan fingerprint density at radius 2 is 1.97 bits per heavy atom. The molecule has 2 heterocycles. The fourth-order valence-electron chi connectivity index (χ4n) is 4.53. The quantitative estimate of drug-likeness (QED) is 0.529. The van der Waals surface area contributed by atoms with E-state index in [9.17, 15) is 9.50 Å². The number of rotatable bonds is 5. The highest BCUT2D eigenvalue weighted by atomic mass is 19.1. The van der Waals surface area contributed by atoms with Crippen molar-refractivity contribution >= 4 is 6.47 Å². The molecule has 1 saturated heterocycles. The first-order chi connectivity index (χ1) is 15.4. The lowest BCUT2D eigenvalue weighted by Crippen LogP contribution is -2.59. The third-order valence-corrected chi connectivity index (χ3v) is 6.09. The number of hydrogen-bond donors (Lipinski definition) is 3. The van der Waals surface area contributed by atoms with E-state index in [1.54, 1.807) is 12.3 Å². The molecule has 2 atom stereocenters. The predicted molar refractivity (Wildman–Crippen MR) is 120 cm³/mol. The summed E-state index contributed by atoms with van der Waals surface area (Å²) in [6.07, 6.45) is 2.08. The van der Waals surface area contributed by atoms with Crippen LogP contribution in [0.2, 0.25) is 0 Å². The van der Waals surface area contributed by atoms with Gasteiger partial charge in [0.15, 0.2) is 0 Å². The summed E-state index contributed by atoms with van der Waals surface area (Å²) in [5.41, 5.74) is 3.34. The summed E-state index contributed by atoms with van der Waals surface area (Å²) in [4.78, 5) is 12.7. The van der Waals surface area contributed by atoms with E-state index in [4.69, 9.17) is 9.90 Å². The zero-order valence-electron chi connectivity index (χ0n) is 18.3. The monoisotopic (exact) mass is 440 g/mol. The van der Waals surface area contributed by atoms with Crippen LogP contribution in [0.5, 0.6) is 0 Å². The Kier molecular flexibility index (Phi) is 7.74. The van der Waals surface area contributed by atoms with Crippen LogP contribution in [0.3, 0.4) is 0 Å². The molecule has 0 spiro atoms. The molecule has 170 valence electrons. The van der Waals surface area contributed by atoms with Gasteiger partial charge in [-0.3, -0.25) is 19.7 Å². The smallest absolute Gasteiger partial charge is 0.290 e. The molecule has 3 aromatic rings. The second-order valence-corrected chi connectivity index (χ2v) is 8.07. The maximum atomic E-state index is 13.6. The SMILES string of the molecule is CN(C)[C@]1(c2ccccc2)CCN(Cc2cn[nH]c2-c2cccc(F)c2)C[C@H]1O.O=CO. The molecule has 2 aromatic carbocycles. The Bertz CT molecular complexity index is 1010. The van der Waals surface area contributed by atoms with Gasteiger partial charge in [-0.2, -0.15) is 5.10 Å². The number of aromatic amines is 1. The Morgan fingerprint density at radius 1 is 1.25 bits per heavy atom. The number of benzene rings is 2. The van der Waals surface area contributed by atoms with E-state index < -0.39 is 11.6 Å². The molecule has 1 aromatic heterocycles. The first-order valence-corrected chi connectivity index (χ1v) is 10.4. The molecule has 1 aliphatic heterocycles. The van der Waals surface area contributed by atoms with Crippen LogP contribution in [0, 0.1) is 5.82 Å². The van der Waals surface area contributed by atoms with Crippen LogP contribution in [0.15, 0.2) is 60.8 Å². The number of carbonyl (C=O) groups is 1. The van der Waals surface area contributed by atoms with E-state index in [1.807, 2.05) is 38.4 Å². The summed E-state index contributed by atoms with van der Waals surface area (Å²) in [6, 6.07) is 16.8. The number of H-pyrrole nitrogens is 1. The zero-order valence-corrected chi connectivity index (χ0v) is 18.3. The molecule has 0 bridgehead atoms. The minimum Gasteiger partial charge on any atom is -0.483 e. The van der Waals surface area contributed by atoms with Crippen LogP contribution < -0.4 is 0 Å². The summed E-state index contributed by atoms with van der Waals surface area (Å²) in [5.74, 6) is -0.268. The van der Waals surface area contributed by atoms with E-state index in [-0.39, 0.29) is 12.3 Å². The minimum absolute atomic E-state index is 0.250. The molecule has 4 rings (SSSR count). The summed E-state index contributed by atoms with van der Waals surface area (Å²) in [6.45, 7) is 1.80. The number of β-amino-alcohol motifs (C(OH)–C–C–N with tert-alkyl or cyclic N) is 1. The van der Waals surface area contributed by atoms with Gasteiger partial charge in [0, 0.05) is 30.8 Å². The summed E-state index contributed by atoms with van der Waals surface area (Å²) in [7, 11) is 4.06. The topological polar surface area (TPSA) is 92.7 Å². The van der Waals surface area contributed by atoms with Crippen molar-refractivity contribution in [1.29, 1.82) is 0 Å². The second-order valence-electron chi connectivity index (χ2n) is 8.07. The van der Waals surface area contributed by atoms with Gasteiger partial charge >= 0.3 is 0 Å². The van der Waals surface area contributed by atoms with Crippen molar-refractivity contribution in [3.63, 3.8) is 0 Å². The van der Waals surface area contributed by atoms with Crippen LogP contribution in [-0.2, 0) is 16.9 Å². The predicted octanol–water partition coefficient (Wildman–Crippen LogP) is 2.94. The van der Waals surface area contributed by atoms with Crippen molar-refractivity contribution < 1.29 is 19.4 Å². The van der Waals surface area contributed by atoms with Gasteiger partial charge in [0.2, 0.25) is 0 Å². The van der Waals surface area contributed by atoms with Gasteiger partial charge in [0.05, 0.1) is 23.5 Å². The number of nitrogens with zero attached hydrogens (tertiary/aromatic N) is 3. The number of hydrogen-bond acceptors (Lipinski definition) is 5. The summed E-state index contributed by atoms with van der Waals surface area (Å²) >= 11 is 0. The molecular formula is C24H29FN4O3. The normalized spacial score (nSPS) is 21.1. The third-order valence-electron chi connectivity index (χ3n) is 6.09. The third kappa shape index (κ3) is 4.88. The Morgan fingerprint density at radius 3 is 2.59 bits per heavy atom. The lowest BCUT2D eigenvalue weighted by Gasteiger charge is -2.50. The Hall–Kier alpha value is -3.07. The average Bonchev–Trinajstić information content (AvgIpc) is 3.23. The molecule has 1 aliphatic rings. The van der Waals surface area contributed by atoms with Gasteiger partial charge in [-0.05, 0) is 38.2 Å². The van der Waals surface area contributed by atoms with E-state index in [0.29, 0.717) is 13.1 Å². The van der Waals surface area contributed by atoms with Gasteiger partial charge in [0.1, 0.15) is 5.82 Å². The molecule has 0 saturated carbocycles. The molecule has 0 unspecified atom stereocenters. The van der Waals surface area contributed by atoms with Gasteiger partial charge in [-0.25, -0.2) is 4.39 Å². The number of carboxylic acid groups (broad SMARTS) is 1. The number of aliphatic hydroxyl groups is 1. The lowest BCUT2D eigenvalue weighted by atomic mass is 9.77. The maximum Gasteiger partial charge on any atom is 0.290 e. The van der Waals surface area contributed by atoms with Gasteiger partial charge in [0.25, 0.3) is 6.47 Å². The van der Waals surface area contributed by atoms with Crippen LogP contribution >= 0.6 is 0 Å². The van der Waals surface area contributed by atoms with Gasteiger partial charge in [-0.1, -0.05) is 42.5 Å². The maximum absolute atomic E-state index is 13.6. The summed E-state index contributed by atoms with van der Waals surface area (Å²) in [5, 5.41) is 25.3. The highest BCUT2D eigenvalue weighted by molar-refractivity contribution is 5.62. The molecule has 7 nitrogen and oxygen atoms in total. The molecule has 0 aliphatic carbocycles. The number of likely N-dealkylation sites (N-methyl/N-ethyl adjacent to an activating group) is 1. The first kappa shape index (κ1) is 23.6. The van der Waals surface area contributed by atoms with E-state index >= 15 is 0 Å². The van der Waals surface area contributed by atoms with Crippen molar-refractivity contribution in [3.8, 4) is 11.3 Å². The van der Waals surface area contributed by atoms with E-state index in [1.165, 1.54) is 12.1 Å². The average molecular weight is 441 g/mol. The molecule has 32 heavy (non-hydrogen) atoms. The Labute approximate surface area is 187 Å². The van der Waals surface area contributed by atoms with Gasteiger partial charge in [-0.15, -0.1) is 0 Å². The van der Waals surface area contributed by atoms with Crippen molar-refractivity contribution in [2.24, 2.45) is 0 Å². The fourth-order valence-corrected chi connectivity index (χ4v) is 4.53. The number of likely N-dealkylation sites (tertiary alicyclic amines) is 1. The van der Waals surface area contributed by atoms with Crippen LogP contribution in [-0.4, -0.2) is 70.0 Å². The molecule has 3 N–H and O–H groups in total. The lowest BCUT2D eigenvalue weighted by molar-refractivity contribution is -0.122. The van der Waals surface area contributed by atoms with E-state index in [2.05, 4.69) is 32.1 Å². The van der Waals surface area contributed by atoms with Crippen molar-refractivity contribution in [1.82, 2.24) is 20.0 Å². The van der Waals surface area contributed by atoms with Crippen LogP contribution in [0.4, 0.5) is 4.39 Å². The zero-order chi connectivity index (χ0) is 23.1. The van der Waals surface area contributed by atoms with Gasteiger partial charge < -0.3 is 10.2 Å². The number of halogens is 1. The molecule has 0 amide bonds. The highest BCUT2D eigenvalue weighted by Crippen LogP contribution is 2.38. The molecular weight excluding hydrogens is 411 g/mol.